The summed E-state index contributed by atoms with van der Waals surface area (Å²) in [5.74, 6) is -2.02. The Hall–Kier alpha value is -1.95. The number of halogens is 1. The zero-order valence-corrected chi connectivity index (χ0v) is 10.4. The number of carboxylic acids is 1. The fraction of sp³-hybridized carbons (Fsp3) is 0.167. The quantitative estimate of drug-likeness (QED) is 0.893. The second-order valence-corrected chi connectivity index (χ2v) is 5.04. The summed E-state index contributed by atoms with van der Waals surface area (Å²) in [6, 6.07) is 3.95. The Labute approximate surface area is 107 Å². The van der Waals surface area contributed by atoms with E-state index in [1.807, 2.05) is 6.92 Å². The number of hydrogen-bond acceptors (Lipinski definition) is 4. The second-order valence-electron chi connectivity index (χ2n) is 3.72. The Morgan fingerprint density at radius 2 is 2.33 bits per heavy atom. The molecule has 0 amide bonds. The molecule has 0 unspecified atom stereocenters. The number of aryl methyl sites for hydroxylation is 1. The molecule has 18 heavy (non-hydrogen) atoms. The fourth-order valence-electron chi connectivity index (χ4n) is 1.46. The maximum atomic E-state index is 13.4. The van der Waals surface area contributed by atoms with Gasteiger partial charge in [-0.3, -0.25) is 0 Å². The molecule has 1 aromatic carbocycles. The highest BCUT2D eigenvalue weighted by atomic mass is 32.1. The van der Waals surface area contributed by atoms with E-state index in [1.54, 1.807) is 17.5 Å². The van der Waals surface area contributed by atoms with Crippen LogP contribution in [0.15, 0.2) is 24.4 Å². The number of nitrogens with one attached hydrogen (secondary N) is 1. The number of benzene rings is 1. The first-order chi connectivity index (χ1) is 8.56. The number of rotatable bonds is 4. The Kier molecular flexibility index (Phi) is 3.57. The molecule has 0 spiro atoms. The zero-order valence-electron chi connectivity index (χ0n) is 9.61. The van der Waals surface area contributed by atoms with Gasteiger partial charge in [0.25, 0.3) is 0 Å². The van der Waals surface area contributed by atoms with E-state index in [0.717, 1.165) is 9.88 Å². The van der Waals surface area contributed by atoms with E-state index in [4.69, 9.17) is 5.11 Å². The number of nitrogens with zero attached hydrogens (tertiary/aromatic N) is 1. The Morgan fingerprint density at radius 1 is 1.56 bits per heavy atom. The maximum absolute atomic E-state index is 13.4. The fourth-order valence-corrected chi connectivity index (χ4v) is 2.19. The molecule has 0 radical (unpaired) electrons. The van der Waals surface area contributed by atoms with Crippen molar-refractivity contribution in [3.63, 3.8) is 0 Å². The van der Waals surface area contributed by atoms with Crippen LogP contribution in [0.5, 0.6) is 0 Å². The molecule has 0 saturated heterocycles. The molecule has 1 heterocycles. The highest BCUT2D eigenvalue weighted by Gasteiger charge is 2.10. The SMILES string of the molecule is Cc1cnc(CNc2ccc(C(=O)O)c(F)c2)s1. The van der Waals surface area contributed by atoms with E-state index in [9.17, 15) is 9.18 Å². The van der Waals surface area contributed by atoms with Crippen LogP contribution in [-0.2, 0) is 6.54 Å². The minimum atomic E-state index is -1.27. The van der Waals surface area contributed by atoms with Crippen LogP contribution >= 0.6 is 11.3 Å². The van der Waals surface area contributed by atoms with Gasteiger partial charge in [-0.25, -0.2) is 14.2 Å². The van der Waals surface area contributed by atoms with Gasteiger partial charge in [0, 0.05) is 16.8 Å². The lowest BCUT2D eigenvalue weighted by Gasteiger charge is -2.05. The van der Waals surface area contributed by atoms with Crippen LogP contribution < -0.4 is 5.32 Å². The molecule has 0 bridgehead atoms. The van der Waals surface area contributed by atoms with Crippen LogP contribution in [0.3, 0.4) is 0 Å². The summed E-state index contributed by atoms with van der Waals surface area (Å²) in [7, 11) is 0. The van der Waals surface area contributed by atoms with Gasteiger partial charge in [0.1, 0.15) is 10.8 Å². The van der Waals surface area contributed by atoms with Gasteiger partial charge in [0.05, 0.1) is 12.1 Å². The summed E-state index contributed by atoms with van der Waals surface area (Å²) >= 11 is 1.56. The molecule has 2 N–H and O–H groups in total. The smallest absolute Gasteiger partial charge is 0.338 e. The molecule has 0 saturated carbocycles. The number of hydrogen-bond donors (Lipinski definition) is 2. The van der Waals surface area contributed by atoms with Gasteiger partial charge in [0.15, 0.2) is 0 Å². The van der Waals surface area contributed by atoms with Crippen LogP contribution in [0.2, 0.25) is 0 Å². The summed E-state index contributed by atoms with van der Waals surface area (Å²) in [4.78, 5) is 15.9. The van der Waals surface area contributed by atoms with E-state index in [0.29, 0.717) is 12.2 Å². The van der Waals surface area contributed by atoms with Gasteiger partial charge in [-0.15, -0.1) is 11.3 Å². The first-order valence-electron chi connectivity index (χ1n) is 5.24. The Morgan fingerprint density at radius 3 is 2.89 bits per heavy atom. The maximum Gasteiger partial charge on any atom is 0.338 e. The molecule has 0 fully saturated rings. The van der Waals surface area contributed by atoms with Crippen molar-refractivity contribution >= 4 is 23.0 Å². The molecule has 1 aromatic heterocycles. The van der Waals surface area contributed by atoms with Crippen LogP contribution in [0.25, 0.3) is 0 Å². The van der Waals surface area contributed by atoms with E-state index in [1.165, 1.54) is 18.2 Å². The molecule has 2 rings (SSSR count). The number of anilines is 1. The zero-order chi connectivity index (χ0) is 13.1. The number of aromatic carboxylic acids is 1. The number of aromatic nitrogens is 1. The van der Waals surface area contributed by atoms with Gasteiger partial charge in [-0.2, -0.15) is 0 Å². The van der Waals surface area contributed by atoms with E-state index in [2.05, 4.69) is 10.3 Å². The van der Waals surface area contributed by atoms with Crippen molar-refractivity contribution in [2.75, 3.05) is 5.32 Å². The highest BCUT2D eigenvalue weighted by molar-refractivity contribution is 7.11. The first-order valence-corrected chi connectivity index (χ1v) is 6.06. The lowest BCUT2D eigenvalue weighted by molar-refractivity contribution is 0.0692. The van der Waals surface area contributed by atoms with E-state index < -0.39 is 11.8 Å². The van der Waals surface area contributed by atoms with Crippen molar-refractivity contribution in [2.45, 2.75) is 13.5 Å². The minimum absolute atomic E-state index is 0.328. The third kappa shape index (κ3) is 2.84. The third-order valence-corrected chi connectivity index (χ3v) is 3.23. The van der Waals surface area contributed by atoms with Gasteiger partial charge in [-0.05, 0) is 25.1 Å². The summed E-state index contributed by atoms with van der Waals surface area (Å²) in [6.07, 6.45) is 1.77. The van der Waals surface area contributed by atoms with Gasteiger partial charge < -0.3 is 10.4 Å². The molecule has 0 aliphatic heterocycles. The largest absolute Gasteiger partial charge is 0.478 e. The van der Waals surface area contributed by atoms with Crippen molar-refractivity contribution in [3.8, 4) is 0 Å². The van der Waals surface area contributed by atoms with Crippen LogP contribution in [0, 0.1) is 12.7 Å². The lowest BCUT2D eigenvalue weighted by atomic mass is 10.2. The highest BCUT2D eigenvalue weighted by Crippen LogP contribution is 2.17. The Balaban J connectivity index is 2.06. The first kappa shape index (κ1) is 12.5. The summed E-state index contributed by atoms with van der Waals surface area (Å²) in [5, 5.41) is 12.6. The van der Waals surface area contributed by atoms with Gasteiger partial charge >= 0.3 is 5.97 Å². The number of carboxylic acid groups (broad SMARTS) is 1. The number of carbonyl (C=O) groups is 1. The van der Waals surface area contributed by atoms with Crippen molar-refractivity contribution in [2.24, 2.45) is 0 Å². The molecule has 0 atom stereocenters. The molecule has 94 valence electrons. The topological polar surface area (TPSA) is 62.2 Å². The Bertz CT molecular complexity index is 583. The second kappa shape index (κ2) is 5.14. The van der Waals surface area contributed by atoms with Crippen molar-refractivity contribution < 1.29 is 14.3 Å². The third-order valence-electron chi connectivity index (χ3n) is 2.31. The van der Waals surface area contributed by atoms with Crippen LogP contribution in [0.1, 0.15) is 20.2 Å². The van der Waals surface area contributed by atoms with E-state index >= 15 is 0 Å². The molecule has 4 nitrogen and oxygen atoms in total. The lowest BCUT2D eigenvalue weighted by Crippen LogP contribution is -2.03. The average Bonchev–Trinajstić information content (AvgIpc) is 2.72. The average molecular weight is 266 g/mol. The van der Waals surface area contributed by atoms with Crippen LogP contribution in [-0.4, -0.2) is 16.1 Å². The molecule has 2 aromatic rings. The predicted octanol–water partition coefficient (Wildman–Crippen LogP) is 2.90. The summed E-state index contributed by atoms with van der Waals surface area (Å²) < 4.78 is 13.4. The van der Waals surface area contributed by atoms with Crippen LogP contribution in [0.4, 0.5) is 10.1 Å². The van der Waals surface area contributed by atoms with Crippen molar-refractivity contribution in [3.05, 3.63) is 45.7 Å². The molecule has 6 heteroatoms. The van der Waals surface area contributed by atoms with Gasteiger partial charge in [-0.1, -0.05) is 0 Å². The van der Waals surface area contributed by atoms with Crippen molar-refractivity contribution in [1.29, 1.82) is 0 Å². The van der Waals surface area contributed by atoms with Gasteiger partial charge in [0.2, 0.25) is 0 Å². The summed E-state index contributed by atoms with van der Waals surface area (Å²) in [5.41, 5.74) is 0.205. The molecular weight excluding hydrogens is 255 g/mol. The molecule has 0 aliphatic carbocycles. The predicted molar refractivity (Wildman–Crippen MR) is 67.5 cm³/mol. The monoisotopic (exact) mass is 266 g/mol. The normalized spacial score (nSPS) is 10.3. The number of thiazole rings is 1. The summed E-state index contributed by atoms with van der Waals surface area (Å²) in [6.45, 7) is 2.45. The van der Waals surface area contributed by atoms with E-state index in [-0.39, 0.29) is 5.56 Å². The minimum Gasteiger partial charge on any atom is -0.478 e. The van der Waals surface area contributed by atoms with Crippen molar-refractivity contribution in [1.82, 2.24) is 4.98 Å². The molecule has 0 aliphatic rings. The standard InChI is InChI=1S/C12H11FN2O2S/c1-7-5-15-11(18-7)6-14-8-2-3-9(12(16)17)10(13)4-8/h2-5,14H,6H2,1H3,(H,16,17). The molecular formula is C12H11FN2O2S.